The molecular weight excluding hydrogens is 302 g/mol. The minimum atomic E-state index is 0.329. The van der Waals surface area contributed by atoms with Crippen molar-refractivity contribution in [1.82, 2.24) is 15.5 Å². The van der Waals surface area contributed by atoms with Gasteiger partial charge in [0.2, 0.25) is 11.7 Å². The van der Waals surface area contributed by atoms with Crippen molar-refractivity contribution < 1.29 is 9.26 Å². The summed E-state index contributed by atoms with van der Waals surface area (Å²) in [7, 11) is 0. The van der Waals surface area contributed by atoms with Crippen LogP contribution in [0.1, 0.15) is 49.6 Å². The fourth-order valence-corrected chi connectivity index (χ4v) is 3.14. The van der Waals surface area contributed by atoms with E-state index in [-0.39, 0.29) is 0 Å². The summed E-state index contributed by atoms with van der Waals surface area (Å²) in [5.74, 6) is 3.21. The van der Waals surface area contributed by atoms with Crippen molar-refractivity contribution in [2.24, 2.45) is 5.92 Å². The van der Waals surface area contributed by atoms with E-state index in [0.29, 0.717) is 17.7 Å². The summed E-state index contributed by atoms with van der Waals surface area (Å²) in [5.41, 5.74) is 3.20. The van der Waals surface area contributed by atoms with Gasteiger partial charge in [-0.1, -0.05) is 19.0 Å². The molecule has 1 fully saturated rings. The molecule has 1 atom stereocenters. The van der Waals surface area contributed by atoms with Crippen molar-refractivity contribution in [3.8, 4) is 17.1 Å². The normalized spacial score (nSPS) is 18.1. The van der Waals surface area contributed by atoms with E-state index < -0.39 is 0 Å². The van der Waals surface area contributed by atoms with Gasteiger partial charge in [0.15, 0.2) is 0 Å². The van der Waals surface area contributed by atoms with E-state index in [1.54, 1.807) is 0 Å². The molecule has 1 aromatic heterocycles. The lowest BCUT2D eigenvalue weighted by molar-refractivity contribution is 0.268. The highest BCUT2D eigenvalue weighted by atomic mass is 16.5. The summed E-state index contributed by atoms with van der Waals surface area (Å²) in [5, 5.41) is 7.58. The van der Waals surface area contributed by atoms with E-state index in [2.05, 4.69) is 55.3 Å². The van der Waals surface area contributed by atoms with Gasteiger partial charge in [0.1, 0.15) is 5.75 Å². The molecule has 0 aliphatic carbocycles. The molecule has 5 heteroatoms. The van der Waals surface area contributed by atoms with Gasteiger partial charge in [-0.3, -0.25) is 0 Å². The predicted octanol–water partition coefficient (Wildman–Crippen LogP) is 3.86. The number of hydrogen-bond donors (Lipinski definition) is 1. The molecule has 1 N–H and O–H groups in total. The Labute approximate surface area is 143 Å². The van der Waals surface area contributed by atoms with Crippen LogP contribution in [-0.4, -0.2) is 29.8 Å². The summed E-state index contributed by atoms with van der Waals surface area (Å²) in [6, 6.07) is 4.16. The molecule has 0 radical (unpaired) electrons. The van der Waals surface area contributed by atoms with Crippen LogP contribution in [0.4, 0.5) is 0 Å². The van der Waals surface area contributed by atoms with E-state index in [1.807, 2.05) is 0 Å². The van der Waals surface area contributed by atoms with Gasteiger partial charge in [-0.2, -0.15) is 4.98 Å². The zero-order chi connectivity index (χ0) is 17.1. The Morgan fingerprint density at radius 1 is 1.29 bits per heavy atom. The quantitative estimate of drug-likeness (QED) is 0.902. The molecule has 1 aliphatic heterocycles. The zero-order valence-electron chi connectivity index (χ0n) is 15.1. The summed E-state index contributed by atoms with van der Waals surface area (Å²) < 4.78 is 11.5. The fraction of sp³-hybridized carbons (Fsp3) is 0.579. The number of benzene rings is 1. The van der Waals surface area contributed by atoms with Crippen molar-refractivity contribution in [2.45, 2.75) is 46.5 Å². The van der Waals surface area contributed by atoms with Crippen LogP contribution in [-0.2, 0) is 0 Å². The molecule has 2 aromatic rings. The molecule has 0 unspecified atom stereocenters. The third kappa shape index (κ3) is 3.78. The number of nitrogens with one attached hydrogen (secondary N) is 1. The van der Waals surface area contributed by atoms with Gasteiger partial charge >= 0.3 is 0 Å². The first kappa shape index (κ1) is 17.0. The number of aryl methyl sites for hydroxylation is 2. The second-order valence-corrected chi connectivity index (χ2v) is 7.14. The Bertz CT molecular complexity index is 665. The van der Waals surface area contributed by atoms with E-state index in [1.165, 1.54) is 0 Å². The molecule has 130 valence electrons. The van der Waals surface area contributed by atoms with Gasteiger partial charge in [0, 0.05) is 12.1 Å². The Kier molecular flexibility index (Phi) is 5.19. The fourth-order valence-electron chi connectivity index (χ4n) is 3.14. The van der Waals surface area contributed by atoms with Crippen LogP contribution in [0, 0.1) is 19.8 Å². The summed E-state index contributed by atoms with van der Waals surface area (Å²) in [6.07, 6.45) is 2.26. The maximum Gasteiger partial charge on any atom is 0.231 e. The van der Waals surface area contributed by atoms with Gasteiger partial charge in [0.05, 0.1) is 12.5 Å². The first-order valence-corrected chi connectivity index (χ1v) is 8.83. The molecule has 0 saturated carbocycles. The number of rotatable bonds is 5. The lowest BCUT2D eigenvalue weighted by Crippen LogP contribution is -2.28. The van der Waals surface area contributed by atoms with Crippen LogP contribution in [0.5, 0.6) is 5.75 Å². The van der Waals surface area contributed by atoms with E-state index >= 15 is 0 Å². The van der Waals surface area contributed by atoms with Crippen LogP contribution in [0.2, 0.25) is 0 Å². The maximum atomic E-state index is 5.95. The molecular formula is C19H27N3O2. The van der Waals surface area contributed by atoms with E-state index in [9.17, 15) is 0 Å². The number of hydrogen-bond acceptors (Lipinski definition) is 5. The summed E-state index contributed by atoms with van der Waals surface area (Å²) in [6.45, 7) is 11.2. The van der Waals surface area contributed by atoms with Crippen LogP contribution < -0.4 is 10.1 Å². The Hall–Kier alpha value is -1.88. The largest absolute Gasteiger partial charge is 0.493 e. The van der Waals surface area contributed by atoms with E-state index in [0.717, 1.165) is 60.9 Å². The lowest BCUT2D eigenvalue weighted by Gasteiger charge is -2.18. The maximum absolute atomic E-state index is 5.95. The van der Waals surface area contributed by atoms with Gasteiger partial charge in [-0.05, 0) is 62.4 Å². The van der Waals surface area contributed by atoms with Crippen LogP contribution in [0.25, 0.3) is 11.4 Å². The molecule has 0 bridgehead atoms. The highest BCUT2D eigenvalue weighted by molar-refractivity contribution is 5.61. The van der Waals surface area contributed by atoms with Crippen LogP contribution >= 0.6 is 0 Å². The molecule has 24 heavy (non-hydrogen) atoms. The van der Waals surface area contributed by atoms with Gasteiger partial charge in [0.25, 0.3) is 0 Å². The minimum Gasteiger partial charge on any atom is -0.493 e. The van der Waals surface area contributed by atoms with Crippen molar-refractivity contribution in [3.05, 3.63) is 29.2 Å². The summed E-state index contributed by atoms with van der Waals surface area (Å²) >= 11 is 0. The average Bonchev–Trinajstić information content (AvgIpc) is 3.04. The van der Waals surface area contributed by atoms with Crippen LogP contribution in [0.3, 0.4) is 0 Å². The molecule has 1 saturated heterocycles. The van der Waals surface area contributed by atoms with Gasteiger partial charge in [-0.25, -0.2) is 0 Å². The number of nitrogens with zero attached hydrogens (tertiary/aromatic N) is 2. The third-order valence-corrected chi connectivity index (χ3v) is 4.37. The third-order valence-electron chi connectivity index (χ3n) is 4.37. The van der Waals surface area contributed by atoms with Gasteiger partial charge in [-0.15, -0.1) is 0 Å². The Balaban J connectivity index is 1.81. The Morgan fingerprint density at radius 3 is 2.67 bits per heavy atom. The first-order valence-electron chi connectivity index (χ1n) is 8.83. The Morgan fingerprint density at radius 2 is 2.04 bits per heavy atom. The number of piperidine rings is 1. The molecule has 2 heterocycles. The standard InChI is InChI=1S/C19H27N3O2/c1-12(2)11-23-17-13(3)8-16(9-14(17)4)18-21-19(24-22-18)15-6-5-7-20-10-15/h8-9,12,15,20H,5-7,10-11H2,1-4H3/t15-/m0/s1. The molecule has 5 nitrogen and oxygen atoms in total. The zero-order valence-corrected chi connectivity index (χ0v) is 15.1. The van der Waals surface area contributed by atoms with Crippen molar-refractivity contribution in [3.63, 3.8) is 0 Å². The lowest BCUT2D eigenvalue weighted by atomic mass is 10.00. The molecule has 1 aromatic carbocycles. The minimum absolute atomic E-state index is 0.329. The molecule has 3 rings (SSSR count). The highest BCUT2D eigenvalue weighted by Crippen LogP contribution is 2.30. The van der Waals surface area contributed by atoms with Crippen molar-refractivity contribution >= 4 is 0 Å². The monoisotopic (exact) mass is 329 g/mol. The smallest absolute Gasteiger partial charge is 0.231 e. The molecule has 0 amide bonds. The summed E-state index contributed by atoms with van der Waals surface area (Å²) in [4.78, 5) is 4.63. The van der Waals surface area contributed by atoms with Gasteiger partial charge < -0.3 is 14.6 Å². The molecule has 0 spiro atoms. The van der Waals surface area contributed by atoms with Crippen molar-refractivity contribution in [1.29, 1.82) is 0 Å². The highest BCUT2D eigenvalue weighted by Gasteiger charge is 2.22. The number of aromatic nitrogens is 2. The van der Waals surface area contributed by atoms with Crippen molar-refractivity contribution in [2.75, 3.05) is 19.7 Å². The van der Waals surface area contributed by atoms with E-state index in [4.69, 9.17) is 9.26 Å². The number of ether oxygens (including phenoxy) is 1. The SMILES string of the molecule is Cc1cc(-c2noc([C@H]3CCCNC3)n2)cc(C)c1OCC(C)C. The second-order valence-electron chi connectivity index (χ2n) is 7.14. The topological polar surface area (TPSA) is 60.2 Å². The molecule has 1 aliphatic rings. The second kappa shape index (κ2) is 7.34. The average molecular weight is 329 g/mol. The van der Waals surface area contributed by atoms with Crippen LogP contribution in [0.15, 0.2) is 16.7 Å². The first-order chi connectivity index (χ1) is 11.5. The predicted molar refractivity (Wildman–Crippen MR) is 94.4 cm³/mol.